The molecular weight excluding hydrogens is 238 g/mol. The van der Waals surface area contributed by atoms with Crippen molar-refractivity contribution in [3.63, 3.8) is 0 Å². The molecule has 1 heterocycles. The lowest BCUT2D eigenvalue weighted by molar-refractivity contribution is 0.271. The van der Waals surface area contributed by atoms with Crippen LogP contribution in [0.25, 0.3) is 0 Å². The van der Waals surface area contributed by atoms with Crippen molar-refractivity contribution in [3.8, 4) is 0 Å². The molecule has 0 aromatic carbocycles. The van der Waals surface area contributed by atoms with Gasteiger partial charge in [-0.15, -0.1) is 11.3 Å². The Bertz CT molecular complexity index is 347. The summed E-state index contributed by atoms with van der Waals surface area (Å²) < 4.78 is 0. The van der Waals surface area contributed by atoms with Gasteiger partial charge < -0.3 is 5.32 Å². The second-order valence-corrected chi connectivity index (χ2v) is 7.34. The van der Waals surface area contributed by atoms with Crippen LogP contribution < -0.4 is 5.32 Å². The van der Waals surface area contributed by atoms with E-state index in [-0.39, 0.29) is 0 Å². The molecular formula is C16H25NS. The van der Waals surface area contributed by atoms with Gasteiger partial charge in [0, 0.05) is 10.9 Å². The summed E-state index contributed by atoms with van der Waals surface area (Å²) in [5.74, 6) is 2.83. The summed E-state index contributed by atoms with van der Waals surface area (Å²) in [7, 11) is 0. The molecule has 1 unspecified atom stereocenters. The Morgan fingerprint density at radius 1 is 1.22 bits per heavy atom. The van der Waals surface area contributed by atoms with Crippen LogP contribution in [-0.4, -0.2) is 6.54 Å². The summed E-state index contributed by atoms with van der Waals surface area (Å²) in [6.07, 6.45) is 8.62. The molecule has 1 N–H and O–H groups in total. The van der Waals surface area contributed by atoms with Crippen LogP contribution in [0.15, 0.2) is 17.5 Å². The zero-order chi connectivity index (χ0) is 12.4. The van der Waals surface area contributed by atoms with Crippen LogP contribution in [-0.2, 0) is 0 Å². The monoisotopic (exact) mass is 263 g/mol. The highest BCUT2D eigenvalue weighted by Gasteiger charge is 2.33. The number of nitrogens with one attached hydrogen (secondary N) is 1. The molecule has 100 valence electrons. The summed E-state index contributed by atoms with van der Waals surface area (Å²) in [5.41, 5.74) is 0. The van der Waals surface area contributed by atoms with E-state index in [2.05, 4.69) is 29.8 Å². The smallest absolute Gasteiger partial charge is 0.0443 e. The van der Waals surface area contributed by atoms with Gasteiger partial charge in [0.2, 0.25) is 0 Å². The van der Waals surface area contributed by atoms with E-state index in [4.69, 9.17) is 0 Å². The Morgan fingerprint density at radius 2 is 2.00 bits per heavy atom. The van der Waals surface area contributed by atoms with Gasteiger partial charge in [0.1, 0.15) is 0 Å². The van der Waals surface area contributed by atoms with E-state index in [0.29, 0.717) is 6.04 Å². The van der Waals surface area contributed by atoms with E-state index in [0.717, 1.165) is 17.8 Å². The average molecular weight is 263 g/mol. The molecule has 2 heteroatoms. The van der Waals surface area contributed by atoms with E-state index >= 15 is 0 Å². The van der Waals surface area contributed by atoms with Gasteiger partial charge in [-0.05, 0) is 61.4 Å². The van der Waals surface area contributed by atoms with Crippen molar-refractivity contribution in [1.82, 2.24) is 5.32 Å². The van der Waals surface area contributed by atoms with Gasteiger partial charge in [-0.1, -0.05) is 25.8 Å². The Labute approximate surface area is 115 Å². The van der Waals surface area contributed by atoms with Crippen molar-refractivity contribution in [3.05, 3.63) is 22.4 Å². The topological polar surface area (TPSA) is 12.0 Å². The minimum Gasteiger partial charge on any atom is -0.309 e. The standard InChI is InChI=1S/C16H25NS/c1-12-4-6-13(7-5-12)11-17-16(14-8-9-14)15-3-2-10-18-15/h2-3,10,12-14,16-17H,4-9,11H2,1H3. The molecule has 1 aromatic rings. The van der Waals surface area contributed by atoms with E-state index in [1.54, 1.807) is 4.88 Å². The minimum atomic E-state index is 0.657. The molecule has 2 fully saturated rings. The van der Waals surface area contributed by atoms with Crippen LogP contribution in [0.5, 0.6) is 0 Å². The third kappa shape index (κ3) is 3.16. The van der Waals surface area contributed by atoms with Crippen LogP contribution >= 0.6 is 11.3 Å². The van der Waals surface area contributed by atoms with Crippen molar-refractivity contribution in [1.29, 1.82) is 0 Å². The second-order valence-electron chi connectivity index (χ2n) is 6.36. The SMILES string of the molecule is CC1CCC(CNC(c2cccs2)C2CC2)CC1. The summed E-state index contributed by atoms with van der Waals surface area (Å²) in [5, 5.41) is 6.10. The lowest BCUT2D eigenvalue weighted by Crippen LogP contribution is -2.30. The molecule has 2 aliphatic carbocycles. The van der Waals surface area contributed by atoms with Crippen LogP contribution in [0.2, 0.25) is 0 Å². The van der Waals surface area contributed by atoms with E-state index in [1.165, 1.54) is 45.1 Å². The lowest BCUT2D eigenvalue weighted by Gasteiger charge is -2.28. The Kier molecular flexibility index (Phi) is 4.05. The first-order chi connectivity index (χ1) is 8.83. The number of rotatable bonds is 5. The predicted octanol–water partition coefficient (Wildman–Crippen LogP) is 4.62. The molecule has 1 atom stereocenters. The fourth-order valence-electron chi connectivity index (χ4n) is 3.22. The van der Waals surface area contributed by atoms with E-state index in [1.807, 2.05) is 11.3 Å². The summed E-state index contributed by atoms with van der Waals surface area (Å²) in [4.78, 5) is 1.56. The highest BCUT2D eigenvalue weighted by atomic mass is 32.1. The highest BCUT2D eigenvalue weighted by Crippen LogP contribution is 2.42. The fraction of sp³-hybridized carbons (Fsp3) is 0.750. The Morgan fingerprint density at radius 3 is 2.61 bits per heavy atom. The first kappa shape index (κ1) is 12.7. The van der Waals surface area contributed by atoms with E-state index in [9.17, 15) is 0 Å². The van der Waals surface area contributed by atoms with Crippen LogP contribution in [0, 0.1) is 17.8 Å². The molecule has 1 nitrogen and oxygen atoms in total. The second kappa shape index (κ2) is 5.75. The Balaban J connectivity index is 1.51. The van der Waals surface area contributed by atoms with Crippen molar-refractivity contribution >= 4 is 11.3 Å². The number of hydrogen-bond donors (Lipinski definition) is 1. The first-order valence-corrected chi connectivity index (χ1v) is 8.47. The molecule has 1 aromatic heterocycles. The third-order valence-corrected chi connectivity index (χ3v) is 5.66. The maximum absolute atomic E-state index is 3.88. The van der Waals surface area contributed by atoms with Gasteiger partial charge >= 0.3 is 0 Å². The minimum absolute atomic E-state index is 0.657. The van der Waals surface area contributed by atoms with E-state index < -0.39 is 0 Å². The van der Waals surface area contributed by atoms with Gasteiger partial charge in [0.05, 0.1) is 0 Å². The zero-order valence-electron chi connectivity index (χ0n) is 11.4. The van der Waals surface area contributed by atoms with Gasteiger partial charge in [0.25, 0.3) is 0 Å². The molecule has 0 radical (unpaired) electrons. The molecule has 0 aliphatic heterocycles. The normalized spacial score (nSPS) is 30.3. The van der Waals surface area contributed by atoms with Gasteiger partial charge in [-0.25, -0.2) is 0 Å². The van der Waals surface area contributed by atoms with Crippen LogP contribution in [0.4, 0.5) is 0 Å². The molecule has 0 bridgehead atoms. The van der Waals surface area contributed by atoms with Gasteiger partial charge in [-0.2, -0.15) is 0 Å². The average Bonchev–Trinajstić information content (AvgIpc) is 3.07. The maximum atomic E-state index is 3.88. The molecule has 0 spiro atoms. The van der Waals surface area contributed by atoms with Crippen LogP contribution in [0.3, 0.4) is 0 Å². The number of hydrogen-bond acceptors (Lipinski definition) is 2. The summed E-state index contributed by atoms with van der Waals surface area (Å²) in [6, 6.07) is 5.16. The lowest BCUT2D eigenvalue weighted by atomic mass is 9.83. The largest absolute Gasteiger partial charge is 0.309 e. The van der Waals surface area contributed by atoms with Crippen molar-refractivity contribution in [2.24, 2.45) is 17.8 Å². The van der Waals surface area contributed by atoms with Gasteiger partial charge in [0.15, 0.2) is 0 Å². The predicted molar refractivity (Wildman–Crippen MR) is 78.9 cm³/mol. The molecule has 2 aliphatic rings. The van der Waals surface area contributed by atoms with Crippen molar-refractivity contribution in [2.45, 2.75) is 51.5 Å². The first-order valence-electron chi connectivity index (χ1n) is 7.59. The summed E-state index contributed by atoms with van der Waals surface area (Å²) >= 11 is 1.92. The molecule has 3 rings (SSSR count). The third-order valence-electron chi connectivity index (χ3n) is 4.70. The highest BCUT2D eigenvalue weighted by molar-refractivity contribution is 7.10. The Hall–Kier alpha value is -0.340. The number of thiophene rings is 1. The van der Waals surface area contributed by atoms with Crippen molar-refractivity contribution in [2.75, 3.05) is 6.54 Å². The molecule has 0 amide bonds. The summed E-state index contributed by atoms with van der Waals surface area (Å²) in [6.45, 7) is 3.65. The fourth-order valence-corrected chi connectivity index (χ4v) is 4.12. The molecule has 0 saturated heterocycles. The van der Waals surface area contributed by atoms with Gasteiger partial charge in [-0.3, -0.25) is 0 Å². The van der Waals surface area contributed by atoms with Crippen molar-refractivity contribution < 1.29 is 0 Å². The van der Waals surface area contributed by atoms with Crippen LogP contribution in [0.1, 0.15) is 56.4 Å². The molecule has 2 saturated carbocycles. The maximum Gasteiger partial charge on any atom is 0.0443 e. The molecule has 18 heavy (non-hydrogen) atoms. The quantitative estimate of drug-likeness (QED) is 0.817. The zero-order valence-corrected chi connectivity index (χ0v) is 12.2.